The summed E-state index contributed by atoms with van der Waals surface area (Å²) in [5.74, 6) is 0. The van der Waals surface area contributed by atoms with Crippen molar-refractivity contribution in [3.8, 4) is 6.07 Å². The van der Waals surface area contributed by atoms with Crippen molar-refractivity contribution in [3.05, 3.63) is 34.9 Å². The first-order chi connectivity index (χ1) is 11.2. The van der Waals surface area contributed by atoms with Crippen molar-refractivity contribution in [2.45, 2.75) is 57.1 Å². The maximum absolute atomic E-state index is 12.3. The maximum Gasteiger partial charge on any atom is 0.410 e. The van der Waals surface area contributed by atoms with Crippen molar-refractivity contribution in [1.82, 2.24) is 4.90 Å². The van der Waals surface area contributed by atoms with E-state index >= 15 is 0 Å². The molecule has 1 aromatic carbocycles. The summed E-state index contributed by atoms with van der Waals surface area (Å²) in [4.78, 5) is 14.0. The van der Waals surface area contributed by atoms with Crippen LogP contribution in [0.15, 0.2) is 18.2 Å². The predicted octanol–water partition coefficient (Wildman–Crippen LogP) is 3.23. The SMILES string of the molecule is CC(C)(C)OC(=O)N1CCC2(CC1)C[C@H](N)c1cc(C#N)ccc12. The standard InChI is InChI=1S/C19H25N3O2/c1-18(2,3)24-17(23)22-8-6-19(7-9-22)11-16(21)14-10-13(12-20)4-5-15(14)19/h4-5,10,16H,6-9,11,21H2,1-3H3/t16-/m0/s1. The zero-order valence-corrected chi connectivity index (χ0v) is 14.6. The van der Waals surface area contributed by atoms with Crippen molar-refractivity contribution in [2.24, 2.45) is 5.73 Å². The Balaban J connectivity index is 1.76. The summed E-state index contributed by atoms with van der Waals surface area (Å²) in [6.07, 6.45) is 2.43. The molecule has 24 heavy (non-hydrogen) atoms. The molecule has 3 rings (SSSR count). The van der Waals surface area contributed by atoms with Crippen LogP contribution in [0.25, 0.3) is 0 Å². The van der Waals surface area contributed by atoms with Gasteiger partial charge in [-0.05, 0) is 63.3 Å². The molecule has 0 bridgehead atoms. The van der Waals surface area contributed by atoms with E-state index in [0.717, 1.165) is 24.8 Å². The summed E-state index contributed by atoms with van der Waals surface area (Å²) < 4.78 is 5.48. The van der Waals surface area contributed by atoms with Gasteiger partial charge >= 0.3 is 6.09 Å². The molecule has 128 valence electrons. The lowest BCUT2D eigenvalue weighted by Gasteiger charge is -2.40. The molecule has 1 spiro atoms. The summed E-state index contributed by atoms with van der Waals surface area (Å²) in [6, 6.07) is 8.02. The highest BCUT2D eigenvalue weighted by atomic mass is 16.6. The number of ether oxygens (including phenoxy) is 1. The van der Waals surface area contributed by atoms with Crippen LogP contribution in [0.1, 0.15) is 62.8 Å². The number of rotatable bonds is 0. The number of amides is 1. The molecule has 0 unspecified atom stereocenters. The maximum atomic E-state index is 12.3. The molecule has 5 nitrogen and oxygen atoms in total. The number of hydrogen-bond acceptors (Lipinski definition) is 4. The Morgan fingerprint density at radius 3 is 2.62 bits per heavy atom. The molecule has 1 aliphatic carbocycles. The molecular weight excluding hydrogens is 302 g/mol. The summed E-state index contributed by atoms with van der Waals surface area (Å²) in [5, 5.41) is 9.10. The number of benzene rings is 1. The van der Waals surface area contributed by atoms with Crippen molar-refractivity contribution in [1.29, 1.82) is 5.26 Å². The minimum absolute atomic E-state index is 0.0265. The van der Waals surface area contributed by atoms with Crippen molar-refractivity contribution >= 4 is 6.09 Å². The van der Waals surface area contributed by atoms with Gasteiger partial charge in [0.05, 0.1) is 11.6 Å². The lowest BCUT2D eigenvalue weighted by atomic mass is 9.73. The minimum Gasteiger partial charge on any atom is -0.444 e. The van der Waals surface area contributed by atoms with Crippen molar-refractivity contribution < 1.29 is 9.53 Å². The van der Waals surface area contributed by atoms with E-state index in [1.54, 1.807) is 4.90 Å². The van der Waals surface area contributed by atoms with Crippen LogP contribution >= 0.6 is 0 Å². The number of nitriles is 1. The average molecular weight is 327 g/mol. The molecule has 5 heteroatoms. The summed E-state index contributed by atoms with van der Waals surface area (Å²) in [7, 11) is 0. The first-order valence-corrected chi connectivity index (χ1v) is 8.52. The van der Waals surface area contributed by atoms with Gasteiger partial charge in [0.1, 0.15) is 5.60 Å². The van der Waals surface area contributed by atoms with Crippen LogP contribution in [-0.2, 0) is 10.2 Å². The van der Waals surface area contributed by atoms with E-state index in [4.69, 9.17) is 15.7 Å². The zero-order valence-electron chi connectivity index (χ0n) is 14.6. The highest BCUT2D eigenvalue weighted by Gasteiger charge is 2.45. The number of hydrogen-bond donors (Lipinski definition) is 1. The summed E-state index contributed by atoms with van der Waals surface area (Å²) in [5.41, 5.74) is 8.92. The summed E-state index contributed by atoms with van der Waals surface area (Å²) in [6.45, 7) is 7.02. The van der Waals surface area contributed by atoms with E-state index in [9.17, 15) is 4.79 Å². The fraction of sp³-hybridized carbons (Fsp3) is 0.579. The van der Waals surface area contributed by atoms with E-state index in [0.29, 0.717) is 18.7 Å². The van der Waals surface area contributed by atoms with Gasteiger partial charge in [-0.1, -0.05) is 6.07 Å². The fourth-order valence-electron chi connectivity index (χ4n) is 3.98. The molecule has 2 aliphatic rings. The second kappa shape index (κ2) is 5.78. The van der Waals surface area contributed by atoms with E-state index in [2.05, 4.69) is 12.1 Å². The topological polar surface area (TPSA) is 79.3 Å². The van der Waals surface area contributed by atoms with Gasteiger partial charge in [0.2, 0.25) is 0 Å². The third-order valence-corrected chi connectivity index (χ3v) is 5.13. The highest BCUT2D eigenvalue weighted by Crippen LogP contribution is 2.50. The minimum atomic E-state index is -0.470. The lowest BCUT2D eigenvalue weighted by Crippen LogP contribution is -2.46. The number of piperidine rings is 1. The molecule has 0 aromatic heterocycles. The lowest BCUT2D eigenvalue weighted by molar-refractivity contribution is 0.0162. The number of nitrogens with zero attached hydrogens (tertiary/aromatic N) is 2. The average Bonchev–Trinajstić information content (AvgIpc) is 2.78. The predicted molar refractivity (Wildman–Crippen MR) is 91.4 cm³/mol. The number of likely N-dealkylation sites (tertiary alicyclic amines) is 1. The first kappa shape index (κ1) is 16.8. The van der Waals surface area contributed by atoms with E-state index in [1.165, 1.54) is 5.56 Å². The zero-order chi connectivity index (χ0) is 17.5. The second-order valence-electron chi connectivity index (χ2n) is 7.97. The molecule has 0 saturated carbocycles. The molecule has 1 atom stereocenters. The Labute approximate surface area is 143 Å². The van der Waals surface area contributed by atoms with Gasteiger partial charge in [-0.2, -0.15) is 5.26 Å². The Morgan fingerprint density at radius 1 is 1.38 bits per heavy atom. The Kier molecular flexibility index (Phi) is 4.05. The highest BCUT2D eigenvalue weighted by molar-refractivity contribution is 5.68. The molecule has 1 fully saturated rings. The molecule has 1 heterocycles. The largest absolute Gasteiger partial charge is 0.444 e. The van der Waals surface area contributed by atoms with Gasteiger partial charge in [0.25, 0.3) is 0 Å². The van der Waals surface area contributed by atoms with Gasteiger partial charge in [0, 0.05) is 24.5 Å². The number of carbonyl (C=O) groups excluding carboxylic acids is 1. The quantitative estimate of drug-likeness (QED) is 0.793. The number of carbonyl (C=O) groups is 1. The van der Waals surface area contributed by atoms with Crippen LogP contribution in [0.3, 0.4) is 0 Å². The van der Waals surface area contributed by atoms with E-state index < -0.39 is 5.60 Å². The van der Waals surface area contributed by atoms with E-state index in [1.807, 2.05) is 32.9 Å². The first-order valence-electron chi connectivity index (χ1n) is 8.52. The summed E-state index contributed by atoms with van der Waals surface area (Å²) >= 11 is 0. The monoisotopic (exact) mass is 327 g/mol. The van der Waals surface area contributed by atoms with Crippen LogP contribution in [0.2, 0.25) is 0 Å². The molecule has 1 aliphatic heterocycles. The fourth-order valence-corrected chi connectivity index (χ4v) is 3.98. The Hall–Kier alpha value is -2.06. The number of nitrogens with two attached hydrogens (primary N) is 1. The molecular formula is C19H25N3O2. The van der Waals surface area contributed by atoms with Gasteiger partial charge in [-0.15, -0.1) is 0 Å². The third-order valence-electron chi connectivity index (χ3n) is 5.13. The van der Waals surface area contributed by atoms with Gasteiger partial charge in [-0.3, -0.25) is 0 Å². The Morgan fingerprint density at radius 2 is 2.04 bits per heavy atom. The molecule has 2 N–H and O–H groups in total. The van der Waals surface area contributed by atoms with Crippen LogP contribution in [0, 0.1) is 11.3 Å². The van der Waals surface area contributed by atoms with Crippen molar-refractivity contribution in [2.75, 3.05) is 13.1 Å². The van der Waals surface area contributed by atoms with Crippen LogP contribution in [0.4, 0.5) is 4.79 Å². The van der Waals surface area contributed by atoms with Crippen molar-refractivity contribution in [3.63, 3.8) is 0 Å². The van der Waals surface area contributed by atoms with Crippen LogP contribution in [-0.4, -0.2) is 29.7 Å². The third kappa shape index (κ3) is 2.99. The van der Waals surface area contributed by atoms with Gasteiger partial charge < -0.3 is 15.4 Å². The normalized spacial score (nSPS) is 22.1. The van der Waals surface area contributed by atoms with E-state index in [-0.39, 0.29) is 17.6 Å². The van der Waals surface area contributed by atoms with Gasteiger partial charge in [-0.25, -0.2) is 4.79 Å². The molecule has 1 saturated heterocycles. The second-order valence-corrected chi connectivity index (χ2v) is 7.97. The molecule has 1 aromatic rings. The Bertz CT molecular complexity index is 692. The molecule has 0 radical (unpaired) electrons. The van der Waals surface area contributed by atoms with Crippen LogP contribution < -0.4 is 5.73 Å². The molecule has 1 amide bonds. The van der Waals surface area contributed by atoms with Gasteiger partial charge in [0.15, 0.2) is 0 Å². The smallest absolute Gasteiger partial charge is 0.410 e. The van der Waals surface area contributed by atoms with Crippen LogP contribution in [0.5, 0.6) is 0 Å². The number of fused-ring (bicyclic) bond motifs is 2.